The molecule has 0 saturated carbocycles. The number of nitrogen functional groups attached to an aromatic ring is 1. The summed E-state index contributed by atoms with van der Waals surface area (Å²) in [6, 6.07) is 13.0. The van der Waals surface area contributed by atoms with Gasteiger partial charge in [-0.3, -0.25) is 0 Å². The monoisotopic (exact) mass is 274 g/mol. The van der Waals surface area contributed by atoms with Crippen LogP contribution in [0.4, 0.5) is 15.8 Å². The van der Waals surface area contributed by atoms with Gasteiger partial charge in [-0.1, -0.05) is 30.3 Å². The lowest BCUT2D eigenvalue weighted by Gasteiger charge is -2.25. The Hall–Kier alpha value is -2.23. The summed E-state index contributed by atoms with van der Waals surface area (Å²) in [7, 11) is 1.45. The summed E-state index contributed by atoms with van der Waals surface area (Å²) in [6.45, 7) is 3.53. The Morgan fingerprint density at radius 2 is 1.90 bits per heavy atom. The van der Waals surface area contributed by atoms with Crippen molar-refractivity contribution in [3.63, 3.8) is 0 Å². The van der Waals surface area contributed by atoms with Gasteiger partial charge >= 0.3 is 0 Å². The number of nitrogens with zero attached hydrogens (tertiary/aromatic N) is 1. The number of halogens is 1. The van der Waals surface area contributed by atoms with Crippen LogP contribution in [0.5, 0.6) is 5.75 Å². The first-order chi connectivity index (χ1) is 9.65. The van der Waals surface area contributed by atoms with Crippen molar-refractivity contribution in [3.05, 3.63) is 53.8 Å². The van der Waals surface area contributed by atoms with Crippen molar-refractivity contribution in [2.45, 2.75) is 13.5 Å². The number of methoxy groups -OCH3 is 1. The zero-order valence-corrected chi connectivity index (χ0v) is 11.8. The highest BCUT2D eigenvalue weighted by molar-refractivity contribution is 5.70. The second-order valence-corrected chi connectivity index (χ2v) is 4.55. The number of benzene rings is 2. The van der Waals surface area contributed by atoms with E-state index in [9.17, 15) is 4.39 Å². The lowest BCUT2D eigenvalue weighted by molar-refractivity contribution is 0.386. The highest BCUT2D eigenvalue weighted by Gasteiger charge is 2.13. The molecule has 0 unspecified atom stereocenters. The number of ether oxygens (including phenoxy) is 1. The Bertz CT molecular complexity index is 572. The van der Waals surface area contributed by atoms with Crippen LogP contribution in [0, 0.1) is 5.82 Å². The maximum absolute atomic E-state index is 13.6. The summed E-state index contributed by atoms with van der Waals surface area (Å²) < 4.78 is 18.6. The number of hydrogen-bond donors (Lipinski definition) is 1. The Kier molecular flexibility index (Phi) is 4.45. The molecule has 3 nitrogen and oxygen atoms in total. The minimum absolute atomic E-state index is 0.209. The summed E-state index contributed by atoms with van der Waals surface area (Å²) in [5, 5.41) is 0. The second-order valence-electron chi connectivity index (χ2n) is 4.55. The third kappa shape index (κ3) is 3.02. The van der Waals surface area contributed by atoms with E-state index in [1.54, 1.807) is 6.07 Å². The van der Waals surface area contributed by atoms with Gasteiger partial charge in [0.2, 0.25) is 0 Å². The second kappa shape index (κ2) is 6.28. The van der Waals surface area contributed by atoms with Crippen LogP contribution in [0.15, 0.2) is 42.5 Å². The molecule has 4 heteroatoms. The molecule has 2 aromatic rings. The summed E-state index contributed by atoms with van der Waals surface area (Å²) in [4.78, 5) is 2.09. The normalized spacial score (nSPS) is 10.3. The number of rotatable bonds is 5. The van der Waals surface area contributed by atoms with Gasteiger partial charge in [-0.15, -0.1) is 0 Å². The zero-order chi connectivity index (χ0) is 14.5. The van der Waals surface area contributed by atoms with Gasteiger partial charge in [0.25, 0.3) is 0 Å². The molecule has 0 aliphatic carbocycles. The van der Waals surface area contributed by atoms with E-state index >= 15 is 0 Å². The molecular weight excluding hydrogens is 255 g/mol. The lowest BCUT2D eigenvalue weighted by Crippen LogP contribution is -2.23. The Morgan fingerprint density at radius 3 is 2.50 bits per heavy atom. The minimum atomic E-state index is -0.440. The van der Waals surface area contributed by atoms with Gasteiger partial charge in [0.05, 0.1) is 18.5 Å². The summed E-state index contributed by atoms with van der Waals surface area (Å²) in [6.07, 6.45) is 0. The quantitative estimate of drug-likeness (QED) is 0.849. The van der Waals surface area contributed by atoms with Crippen molar-refractivity contribution in [2.75, 3.05) is 24.3 Å². The van der Waals surface area contributed by atoms with E-state index in [1.807, 2.05) is 25.1 Å². The van der Waals surface area contributed by atoms with E-state index in [0.717, 1.165) is 18.8 Å². The first-order valence-corrected chi connectivity index (χ1v) is 6.57. The van der Waals surface area contributed by atoms with Gasteiger partial charge in [0.15, 0.2) is 11.6 Å². The van der Waals surface area contributed by atoms with Crippen LogP contribution < -0.4 is 15.4 Å². The van der Waals surface area contributed by atoms with E-state index in [1.165, 1.54) is 18.7 Å². The van der Waals surface area contributed by atoms with Gasteiger partial charge in [-0.2, -0.15) is 0 Å². The molecule has 0 amide bonds. The van der Waals surface area contributed by atoms with Gasteiger partial charge in [-0.25, -0.2) is 4.39 Å². The predicted octanol–water partition coefficient (Wildman–Crippen LogP) is 3.44. The molecule has 0 bridgehead atoms. The summed E-state index contributed by atoms with van der Waals surface area (Å²) in [5.74, 6) is -0.231. The van der Waals surface area contributed by atoms with E-state index < -0.39 is 5.82 Å². The molecule has 20 heavy (non-hydrogen) atoms. The average Bonchev–Trinajstić information content (AvgIpc) is 2.46. The van der Waals surface area contributed by atoms with Crippen LogP contribution in [-0.4, -0.2) is 13.7 Å². The van der Waals surface area contributed by atoms with Gasteiger partial charge < -0.3 is 15.4 Å². The van der Waals surface area contributed by atoms with Crippen molar-refractivity contribution in [3.8, 4) is 5.75 Å². The molecule has 2 aromatic carbocycles. The van der Waals surface area contributed by atoms with Crippen molar-refractivity contribution in [1.29, 1.82) is 0 Å². The molecule has 0 spiro atoms. The predicted molar refractivity (Wildman–Crippen MR) is 80.5 cm³/mol. The van der Waals surface area contributed by atoms with Gasteiger partial charge in [0, 0.05) is 25.2 Å². The highest BCUT2D eigenvalue weighted by atomic mass is 19.1. The van der Waals surface area contributed by atoms with E-state index in [0.29, 0.717) is 5.69 Å². The van der Waals surface area contributed by atoms with Crippen LogP contribution in [0.2, 0.25) is 0 Å². The fourth-order valence-electron chi connectivity index (χ4n) is 2.16. The van der Waals surface area contributed by atoms with Crippen LogP contribution in [0.1, 0.15) is 12.5 Å². The molecular formula is C16H19FN2O. The molecule has 0 aliphatic rings. The standard InChI is InChI=1S/C16H19FN2O/c1-3-19(11-12-7-5-4-6-8-12)15-10-16(20-2)13(17)9-14(15)18/h4-10H,3,11,18H2,1-2H3. The highest BCUT2D eigenvalue weighted by Crippen LogP contribution is 2.31. The minimum Gasteiger partial charge on any atom is -0.494 e. The van der Waals surface area contributed by atoms with Crippen LogP contribution >= 0.6 is 0 Å². The molecule has 0 aliphatic heterocycles. The third-order valence-electron chi connectivity index (χ3n) is 3.24. The molecule has 106 valence electrons. The zero-order valence-electron chi connectivity index (χ0n) is 11.8. The Balaban J connectivity index is 2.32. The number of nitrogens with two attached hydrogens (primary N) is 1. The maximum atomic E-state index is 13.6. The van der Waals surface area contributed by atoms with Crippen LogP contribution in [0.3, 0.4) is 0 Å². The van der Waals surface area contributed by atoms with Crippen LogP contribution in [-0.2, 0) is 6.54 Å². The topological polar surface area (TPSA) is 38.5 Å². The summed E-state index contributed by atoms with van der Waals surface area (Å²) in [5.41, 5.74) is 8.32. The molecule has 0 fully saturated rings. The SMILES string of the molecule is CCN(Cc1ccccc1)c1cc(OC)c(F)cc1N. The van der Waals surface area contributed by atoms with Crippen molar-refractivity contribution in [1.82, 2.24) is 0 Å². The summed E-state index contributed by atoms with van der Waals surface area (Å²) >= 11 is 0. The Morgan fingerprint density at radius 1 is 1.20 bits per heavy atom. The first kappa shape index (κ1) is 14.2. The first-order valence-electron chi connectivity index (χ1n) is 6.57. The van der Waals surface area contributed by atoms with Crippen LogP contribution in [0.25, 0.3) is 0 Å². The molecule has 0 saturated heterocycles. The molecule has 2 N–H and O–H groups in total. The van der Waals surface area contributed by atoms with Crippen molar-refractivity contribution >= 4 is 11.4 Å². The van der Waals surface area contributed by atoms with Crippen molar-refractivity contribution < 1.29 is 9.13 Å². The average molecular weight is 274 g/mol. The molecule has 0 heterocycles. The smallest absolute Gasteiger partial charge is 0.167 e. The molecule has 0 aromatic heterocycles. The third-order valence-corrected chi connectivity index (χ3v) is 3.24. The lowest BCUT2D eigenvalue weighted by atomic mass is 10.1. The fourth-order valence-corrected chi connectivity index (χ4v) is 2.16. The Labute approximate surface area is 118 Å². The fraction of sp³-hybridized carbons (Fsp3) is 0.250. The van der Waals surface area contributed by atoms with Gasteiger partial charge in [0.1, 0.15) is 0 Å². The van der Waals surface area contributed by atoms with E-state index in [-0.39, 0.29) is 5.75 Å². The molecule has 0 radical (unpaired) electrons. The van der Waals surface area contributed by atoms with E-state index in [4.69, 9.17) is 10.5 Å². The largest absolute Gasteiger partial charge is 0.494 e. The number of anilines is 2. The van der Waals surface area contributed by atoms with E-state index in [2.05, 4.69) is 17.0 Å². The van der Waals surface area contributed by atoms with Gasteiger partial charge in [-0.05, 0) is 12.5 Å². The molecule has 2 rings (SSSR count). The maximum Gasteiger partial charge on any atom is 0.167 e. The molecule has 0 atom stereocenters. The number of hydrogen-bond acceptors (Lipinski definition) is 3. The van der Waals surface area contributed by atoms with Crippen molar-refractivity contribution in [2.24, 2.45) is 0 Å².